The molecule has 0 saturated carbocycles. The first kappa shape index (κ1) is 15.8. The molecule has 1 atom stereocenters. The van der Waals surface area contributed by atoms with E-state index in [4.69, 9.17) is 21.1 Å². The van der Waals surface area contributed by atoms with E-state index in [0.29, 0.717) is 11.0 Å². The van der Waals surface area contributed by atoms with Gasteiger partial charge in [0.05, 0.1) is 19.2 Å². The number of benzene rings is 1. The Morgan fingerprint density at radius 2 is 2.00 bits per heavy atom. The first-order chi connectivity index (χ1) is 12.2. The zero-order valence-corrected chi connectivity index (χ0v) is 14.3. The molecule has 0 bridgehead atoms. The average molecular weight is 358 g/mol. The van der Waals surface area contributed by atoms with Gasteiger partial charge in [-0.25, -0.2) is 19.9 Å². The number of ether oxygens (including phenoxy) is 2. The van der Waals surface area contributed by atoms with E-state index in [1.807, 2.05) is 24.3 Å². The maximum atomic E-state index is 6.11. The van der Waals surface area contributed by atoms with E-state index < -0.39 is 0 Å². The standard InChI is InChI=1S/C17H16ClN5O2/c1-24-16-7-15(20-10-21-16)23-5-4-12(8-23)25-11-2-3-13-14(6-11)19-9-22-17(13)18/h2-3,6-7,9-10,12H,4-5,8H2,1H3. The van der Waals surface area contributed by atoms with Crippen LogP contribution in [0.4, 0.5) is 5.82 Å². The van der Waals surface area contributed by atoms with E-state index in [1.165, 1.54) is 12.7 Å². The summed E-state index contributed by atoms with van der Waals surface area (Å²) in [5, 5.41) is 1.26. The van der Waals surface area contributed by atoms with Gasteiger partial charge in [0, 0.05) is 30.5 Å². The monoisotopic (exact) mass is 357 g/mol. The number of aromatic nitrogens is 4. The lowest BCUT2D eigenvalue weighted by Gasteiger charge is -2.18. The first-order valence-corrected chi connectivity index (χ1v) is 8.28. The summed E-state index contributed by atoms with van der Waals surface area (Å²) in [4.78, 5) is 18.7. The number of anilines is 1. The minimum atomic E-state index is 0.0794. The molecule has 4 rings (SSSR count). The van der Waals surface area contributed by atoms with Crippen molar-refractivity contribution in [3.8, 4) is 11.6 Å². The molecule has 7 nitrogen and oxygen atoms in total. The summed E-state index contributed by atoms with van der Waals surface area (Å²) in [5.41, 5.74) is 0.771. The van der Waals surface area contributed by atoms with E-state index in [9.17, 15) is 0 Å². The SMILES string of the molecule is COc1cc(N2CCC(Oc3ccc4c(Cl)ncnc4c3)C2)ncn1. The molecule has 3 heterocycles. The lowest BCUT2D eigenvalue weighted by atomic mass is 10.2. The molecule has 0 aliphatic carbocycles. The second-order valence-electron chi connectivity index (χ2n) is 5.74. The summed E-state index contributed by atoms with van der Waals surface area (Å²) in [6.45, 7) is 1.62. The molecule has 8 heteroatoms. The number of rotatable bonds is 4. The Bertz CT molecular complexity index is 907. The third kappa shape index (κ3) is 3.28. The molecular weight excluding hydrogens is 342 g/mol. The predicted molar refractivity (Wildman–Crippen MR) is 94.4 cm³/mol. The van der Waals surface area contributed by atoms with Crippen LogP contribution in [0, 0.1) is 0 Å². The fourth-order valence-electron chi connectivity index (χ4n) is 2.92. The molecule has 3 aromatic rings. The summed E-state index contributed by atoms with van der Waals surface area (Å²) >= 11 is 6.07. The van der Waals surface area contributed by atoms with Crippen LogP contribution in [0.15, 0.2) is 36.9 Å². The van der Waals surface area contributed by atoms with Crippen LogP contribution in [0.3, 0.4) is 0 Å². The molecule has 1 saturated heterocycles. The van der Waals surface area contributed by atoms with Crippen LogP contribution in [-0.4, -0.2) is 46.2 Å². The molecule has 25 heavy (non-hydrogen) atoms. The minimum Gasteiger partial charge on any atom is -0.488 e. The Labute approximate surface area is 149 Å². The third-order valence-corrected chi connectivity index (χ3v) is 4.47. The summed E-state index contributed by atoms with van der Waals surface area (Å²) in [5.74, 6) is 2.17. The largest absolute Gasteiger partial charge is 0.488 e. The van der Waals surface area contributed by atoms with Crippen molar-refractivity contribution in [3.05, 3.63) is 42.1 Å². The molecule has 1 fully saturated rings. The van der Waals surface area contributed by atoms with Crippen LogP contribution in [-0.2, 0) is 0 Å². The van der Waals surface area contributed by atoms with Crippen LogP contribution in [0.1, 0.15) is 6.42 Å². The van der Waals surface area contributed by atoms with Gasteiger partial charge in [-0.05, 0) is 12.1 Å². The van der Waals surface area contributed by atoms with E-state index in [-0.39, 0.29) is 6.10 Å². The highest BCUT2D eigenvalue weighted by Gasteiger charge is 2.25. The first-order valence-electron chi connectivity index (χ1n) is 7.91. The van der Waals surface area contributed by atoms with Gasteiger partial charge in [0.1, 0.15) is 35.5 Å². The van der Waals surface area contributed by atoms with E-state index >= 15 is 0 Å². The maximum Gasteiger partial charge on any atom is 0.218 e. The van der Waals surface area contributed by atoms with Crippen molar-refractivity contribution in [3.63, 3.8) is 0 Å². The minimum absolute atomic E-state index is 0.0794. The Morgan fingerprint density at radius 3 is 2.88 bits per heavy atom. The van der Waals surface area contributed by atoms with Gasteiger partial charge >= 0.3 is 0 Å². The summed E-state index contributed by atoms with van der Waals surface area (Å²) in [7, 11) is 1.59. The Hall–Kier alpha value is -2.67. The Balaban J connectivity index is 1.47. The molecule has 1 unspecified atom stereocenters. The van der Waals surface area contributed by atoms with Gasteiger partial charge in [-0.2, -0.15) is 0 Å². The van der Waals surface area contributed by atoms with Crippen molar-refractivity contribution in [2.75, 3.05) is 25.1 Å². The number of nitrogens with zero attached hydrogens (tertiary/aromatic N) is 5. The van der Waals surface area contributed by atoms with Crippen molar-refractivity contribution >= 4 is 28.3 Å². The fraction of sp³-hybridized carbons (Fsp3) is 0.294. The van der Waals surface area contributed by atoms with Crippen molar-refractivity contribution in [1.82, 2.24) is 19.9 Å². The number of methoxy groups -OCH3 is 1. The highest BCUT2D eigenvalue weighted by atomic mass is 35.5. The second kappa shape index (κ2) is 6.68. The van der Waals surface area contributed by atoms with Crippen molar-refractivity contribution in [1.29, 1.82) is 0 Å². The normalized spacial score (nSPS) is 17.0. The molecule has 0 radical (unpaired) electrons. The Kier molecular flexibility index (Phi) is 4.23. The molecule has 128 valence electrons. The van der Waals surface area contributed by atoms with Gasteiger partial charge in [-0.3, -0.25) is 0 Å². The molecule has 1 aromatic carbocycles. The van der Waals surface area contributed by atoms with Crippen molar-refractivity contribution < 1.29 is 9.47 Å². The fourth-order valence-corrected chi connectivity index (χ4v) is 3.12. The third-order valence-electron chi connectivity index (χ3n) is 4.17. The molecule has 2 aromatic heterocycles. The van der Waals surface area contributed by atoms with Gasteiger partial charge in [0.2, 0.25) is 5.88 Å². The molecule has 1 aliphatic rings. The maximum absolute atomic E-state index is 6.11. The molecule has 0 N–H and O–H groups in total. The van der Waals surface area contributed by atoms with Crippen molar-refractivity contribution in [2.45, 2.75) is 12.5 Å². The highest BCUT2D eigenvalue weighted by molar-refractivity contribution is 6.34. The van der Waals surface area contributed by atoms with Crippen LogP contribution < -0.4 is 14.4 Å². The molecule has 0 amide bonds. The van der Waals surface area contributed by atoms with E-state index in [1.54, 1.807) is 7.11 Å². The summed E-state index contributed by atoms with van der Waals surface area (Å²) < 4.78 is 11.3. The summed E-state index contributed by atoms with van der Waals surface area (Å²) in [6, 6.07) is 7.50. The smallest absolute Gasteiger partial charge is 0.218 e. The van der Waals surface area contributed by atoms with Crippen molar-refractivity contribution in [2.24, 2.45) is 0 Å². The zero-order chi connectivity index (χ0) is 17.2. The number of hydrogen-bond acceptors (Lipinski definition) is 7. The van der Waals surface area contributed by atoms with E-state index in [2.05, 4.69) is 24.8 Å². The lowest BCUT2D eigenvalue weighted by molar-refractivity contribution is 0.225. The van der Waals surface area contributed by atoms with Gasteiger partial charge < -0.3 is 14.4 Å². The van der Waals surface area contributed by atoms with Crippen LogP contribution in [0.5, 0.6) is 11.6 Å². The van der Waals surface area contributed by atoms with Gasteiger partial charge in [0.15, 0.2) is 0 Å². The quantitative estimate of drug-likeness (QED) is 0.664. The molecule has 1 aliphatic heterocycles. The van der Waals surface area contributed by atoms with Gasteiger partial charge in [-0.1, -0.05) is 11.6 Å². The lowest BCUT2D eigenvalue weighted by Crippen LogP contribution is -2.25. The van der Waals surface area contributed by atoms with Crippen LogP contribution >= 0.6 is 11.6 Å². The highest BCUT2D eigenvalue weighted by Crippen LogP contribution is 2.27. The number of hydrogen-bond donors (Lipinski definition) is 0. The summed E-state index contributed by atoms with van der Waals surface area (Å²) in [6.07, 6.45) is 3.95. The average Bonchev–Trinajstić information content (AvgIpc) is 3.10. The predicted octanol–water partition coefficient (Wildman–Crippen LogP) is 2.74. The Morgan fingerprint density at radius 1 is 1.12 bits per heavy atom. The van der Waals surface area contributed by atoms with Crippen LogP contribution in [0.25, 0.3) is 10.9 Å². The van der Waals surface area contributed by atoms with Gasteiger partial charge in [-0.15, -0.1) is 0 Å². The van der Waals surface area contributed by atoms with Gasteiger partial charge in [0.25, 0.3) is 0 Å². The van der Waals surface area contributed by atoms with Crippen LogP contribution in [0.2, 0.25) is 5.15 Å². The second-order valence-corrected chi connectivity index (χ2v) is 6.09. The molecule has 0 spiro atoms. The topological polar surface area (TPSA) is 73.3 Å². The van der Waals surface area contributed by atoms with E-state index in [0.717, 1.165) is 42.0 Å². The molecular formula is C17H16ClN5O2. The zero-order valence-electron chi connectivity index (χ0n) is 13.6. The number of fused-ring (bicyclic) bond motifs is 1. The number of halogens is 1.